The number of pyridine rings is 1. The molecule has 136 valence electrons. The smallest absolute Gasteiger partial charge is 0.270 e. The molecule has 3 aromatic heterocycles. The summed E-state index contributed by atoms with van der Waals surface area (Å²) in [6, 6.07) is 5.80. The molecule has 0 fully saturated rings. The van der Waals surface area contributed by atoms with Gasteiger partial charge in [0, 0.05) is 59.7 Å². The Morgan fingerprint density at radius 1 is 1.20 bits per heavy atom. The fraction of sp³-hybridized carbons (Fsp3) is 0.333. The average Bonchev–Trinajstić information content (AvgIpc) is 3.30. The van der Waals surface area contributed by atoms with E-state index < -0.39 is 0 Å². The molecule has 2 N–H and O–H groups in total. The quantitative estimate of drug-likeness (QED) is 0.657. The second kappa shape index (κ2) is 7.96. The zero-order valence-corrected chi connectivity index (χ0v) is 14.4. The highest BCUT2D eigenvalue weighted by Crippen LogP contribution is 2.27. The van der Waals surface area contributed by atoms with Gasteiger partial charge in [0.1, 0.15) is 11.3 Å². The number of nitrogens with zero attached hydrogens (tertiary/aromatic N) is 2. The number of aromatic amines is 2. The Morgan fingerprint density at radius 3 is 2.68 bits per heavy atom. The molecule has 0 bridgehead atoms. The van der Waals surface area contributed by atoms with Crippen molar-refractivity contribution in [3.05, 3.63) is 42.5 Å². The number of ether oxygens (including phenoxy) is 2. The van der Waals surface area contributed by atoms with Crippen molar-refractivity contribution < 1.29 is 17.1 Å². The molecule has 0 radical (unpaired) electrons. The molecule has 0 unspecified atom stereocenters. The number of nitrogens with one attached hydrogen (secondary N) is 2. The molecule has 3 aromatic rings. The Balaban J connectivity index is 0.00000182. The Labute approximate surface area is 148 Å². The zero-order chi connectivity index (χ0) is 17.6. The van der Waals surface area contributed by atoms with Crippen LogP contribution in [0, 0.1) is 0 Å². The first kappa shape index (κ1) is 17.2. The lowest BCUT2D eigenvalue weighted by Crippen LogP contribution is -2.36. The van der Waals surface area contributed by atoms with E-state index in [-0.39, 0.29) is 8.76 Å². The molecule has 0 saturated heterocycles. The van der Waals surface area contributed by atoms with Crippen LogP contribution in [0.1, 0.15) is 13.3 Å². The van der Waals surface area contributed by atoms with Gasteiger partial charge in [-0.25, -0.2) is 4.98 Å². The first-order valence-corrected chi connectivity index (χ1v) is 8.12. The van der Waals surface area contributed by atoms with Gasteiger partial charge in [-0.15, -0.1) is 0 Å². The first-order chi connectivity index (χ1) is 12.2. The summed E-state index contributed by atoms with van der Waals surface area (Å²) in [7, 11) is 3.24. The number of amides is 1. The van der Waals surface area contributed by atoms with Crippen LogP contribution in [0.5, 0.6) is 0 Å². The maximum atomic E-state index is 12.8. The van der Waals surface area contributed by atoms with Crippen LogP contribution in [0.4, 0.5) is 0 Å². The van der Waals surface area contributed by atoms with Gasteiger partial charge in [0.15, 0.2) is 0 Å². The third kappa shape index (κ3) is 3.72. The normalized spacial score (nSPS) is 11.1. The van der Waals surface area contributed by atoms with Gasteiger partial charge in [-0.3, -0.25) is 4.79 Å². The molecule has 25 heavy (non-hydrogen) atoms. The molecular weight excluding hydrogens is 320 g/mol. The van der Waals surface area contributed by atoms with Crippen LogP contribution < -0.4 is 0 Å². The second-order valence-electron chi connectivity index (χ2n) is 5.68. The van der Waals surface area contributed by atoms with Crippen molar-refractivity contribution in [2.75, 3.05) is 40.5 Å². The number of hydrogen-bond donors (Lipinski definition) is 2. The van der Waals surface area contributed by atoms with Gasteiger partial charge >= 0.3 is 0 Å². The average molecular weight is 346 g/mol. The number of hydrogen-bond acceptors (Lipinski definition) is 4. The fourth-order valence-corrected chi connectivity index (χ4v) is 2.77. The van der Waals surface area contributed by atoms with Gasteiger partial charge in [0.25, 0.3) is 5.91 Å². The van der Waals surface area contributed by atoms with Gasteiger partial charge in [0.2, 0.25) is 0 Å². The van der Waals surface area contributed by atoms with E-state index in [1.807, 2.05) is 30.6 Å². The molecule has 7 nitrogen and oxygen atoms in total. The molecule has 0 saturated carbocycles. The Morgan fingerprint density at radius 2 is 1.96 bits per heavy atom. The van der Waals surface area contributed by atoms with Crippen LogP contribution in [-0.4, -0.2) is 66.3 Å². The van der Waals surface area contributed by atoms with E-state index in [2.05, 4.69) is 15.0 Å². The van der Waals surface area contributed by atoms with E-state index in [9.17, 15) is 4.79 Å². The number of rotatable bonds is 8. The predicted octanol–water partition coefficient (Wildman–Crippen LogP) is 2.79. The van der Waals surface area contributed by atoms with Crippen LogP contribution in [0.15, 0.2) is 36.8 Å². The van der Waals surface area contributed by atoms with Crippen molar-refractivity contribution in [3.8, 4) is 11.1 Å². The summed E-state index contributed by atoms with van der Waals surface area (Å²) in [6.07, 6.45) is 5.46. The summed E-state index contributed by atoms with van der Waals surface area (Å²) in [5.74, 6) is -0.0697. The Hall–Kier alpha value is -2.64. The fourth-order valence-electron chi connectivity index (χ4n) is 2.77. The Kier molecular flexibility index (Phi) is 5.47. The monoisotopic (exact) mass is 346 g/mol. The molecule has 0 aliphatic rings. The molecule has 1 amide bonds. The largest absolute Gasteiger partial charge is 0.383 e. The standard InChI is InChI=1S/C18H22N4O3.2H2/c1-24-9-7-22(8-10-25-2)18(23)16-11-13(12-21-16)14-3-5-19-17-15(14)4-6-20-17;;/h3-6,11-12,21H,7-10H2,1-2H3,(H,19,20);2*1H. The van der Waals surface area contributed by atoms with Crippen molar-refractivity contribution >= 4 is 16.9 Å². The van der Waals surface area contributed by atoms with Crippen LogP contribution in [0.2, 0.25) is 0 Å². The maximum Gasteiger partial charge on any atom is 0.270 e. The van der Waals surface area contributed by atoms with Crippen molar-refractivity contribution in [1.82, 2.24) is 19.9 Å². The SMILES string of the molecule is COCCN(CCOC)C(=O)c1cc(-c2ccnc3[nH]ccc23)c[nH]1.[HH].[HH]. The van der Waals surface area contributed by atoms with E-state index in [1.54, 1.807) is 25.3 Å². The molecule has 0 aliphatic heterocycles. The number of methoxy groups -OCH3 is 2. The molecule has 0 spiro atoms. The zero-order valence-electron chi connectivity index (χ0n) is 14.4. The van der Waals surface area contributed by atoms with Crippen LogP contribution in [0.25, 0.3) is 22.2 Å². The lowest BCUT2D eigenvalue weighted by atomic mass is 10.1. The lowest BCUT2D eigenvalue weighted by Gasteiger charge is -2.21. The van der Waals surface area contributed by atoms with E-state index in [0.717, 1.165) is 22.2 Å². The molecule has 7 heteroatoms. The maximum absolute atomic E-state index is 12.8. The highest BCUT2D eigenvalue weighted by Gasteiger charge is 2.18. The molecule has 3 heterocycles. The minimum absolute atomic E-state index is 0. The highest BCUT2D eigenvalue weighted by molar-refractivity contribution is 5.97. The van der Waals surface area contributed by atoms with Crippen molar-refractivity contribution in [3.63, 3.8) is 0 Å². The number of aromatic nitrogens is 3. The second-order valence-corrected chi connectivity index (χ2v) is 5.68. The first-order valence-electron chi connectivity index (χ1n) is 8.12. The number of carbonyl (C=O) groups is 1. The number of H-pyrrole nitrogens is 2. The van der Waals surface area contributed by atoms with Crippen LogP contribution >= 0.6 is 0 Å². The van der Waals surface area contributed by atoms with Gasteiger partial charge < -0.3 is 24.3 Å². The molecule has 3 rings (SSSR count). The molecule has 0 aromatic carbocycles. The van der Waals surface area contributed by atoms with Gasteiger partial charge in [-0.1, -0.05) is 0 Å². The van der Waals surface area contributed by atoms with Gasteiger partial charge in [0.05, 0.1) is 13.2 Å². The van der Waals surface area contributed by atoms with E-state index >= 15 is 0 Å². The summed E-state index contributed by atoms with van der Waals surface area (Å²) in [5.41, 5.74) is 3.35. The van der Waals surface area contributed by atoms with Crippen LogP contribution in [-0.2, 0) is 9.47 Å². The van der Waals surface area contributed by atoms with Crippen LogP contribution in [0.3, 0.4) is 0 Å². The lowest BCUT2D eigenvalue weighted by molar-refractivity contribution is 0.0622. The molecule has 0 atom stereocenters. The van der Waals surface area contributed by atoms with Crippen molar-refractivity contribution in [2.45, 2.75) is 0 Å². The topological polar surface area (TPSA) is 83.2 Å². The predicted molar refractivity (Wildman–Crippen MR) is 99.8 cm³/mol. The third-order valence-corrected chi connectivity index (χ3v) is 4.10. The minimum atomic E-state index is -0.0697. The van der Waals surface area contributed by atoms with Gasteiger partial charge in [-0.05, 0) is 23.8 Å². The highest BCUT2D eigenvalue weighted by atomic mass is 16.5. The van der Waals surface area contributed by atoms with Crippen molar-refractivity contribution in [2.24, 2.45) is 0 Å². The summed E-state index contributed by atoms with van der Waals surface area (Å²) in [6.45, 7) is 2.00. The summed E-state index contributed by atoms with van der Waals surface area (Å²) in [5, 5.41) is 1.02. The Bertz CT molecular complexity index is 842. The van der Waals surface area contributed by atoms with E-state index in [0.29, 0.717) is 32.0 Å². The summed E-state index contributed by atoms with van der Waals surface area (Å²) < 4.78 is 10.2. The number of carbonyl (C=O) groups excluding carboxylic acids is 1. The minimum Gasteiger partial charge on any atom is -0.383 e. The van der Waals surface area contributed by atoms with Crippen molar-refractivity contribution in [1.29, 1.82) is 0 Å². The number of fused-ring (bicyclic) bond motifs is 1. The summed E-state index contributed by atoms with van der Waals surface area (Å²) >= 11 is 0. The van der Waals surface area contributed by atoms with E-state index in [4.69, 9.17) is 9.47 Å². The molecular formula is C18H26N4O3. The van der Waals surface area contributed by atoms with Gasteiger partial charge in [-0.2, -0.15) is 0 Å². The van der Waals surface area contributed by atoms with E-state index in [1.165, 1.54) is 0 Å². The third-order valence-electron chi connectivity index (χ3n) is 4.10. The summed E-state index contributed by atoms with van der Waals surface area (Å²) in [4.78, 5) is 25.0. The molecule has 0 aliphatic carbocycles.